The highest BCUT2D eigenvalue weighted by Gasteiger charge is 2.12. The molecule has 3 nitrogen and oxygen atoms in total. The largest absolute Gasteiger partial charge is 0.493 e. The van der Waals surface area contributed by atoms with Gasteiger partial charge in [-0.1, -0.05) is 11.6 Å². The summed E-state index contributed by atoms with van der Waals surface area (Å²) in [6, 6.07) is 3.70. The number of hydrogen-bond donors (Lipinski definition) is 1. The Labute approximate surface area is 112 Å². The zero-order chi connectivity index (χ0) is 13.5. The molecule has 1 aromatic rings. The molecule has 0 aliphatic carbocycles. The zero-order valence-electron chi connectivity index (χ0n) is 10.7. The third-order valence-corrected chi connectivity index (χ3v) is 2.65. The molecule has 1 aromatic carbocycles. The Hall–Kier alpha value is -1.00. The Balaban J connectivity index is 2.89. The van der Waals surface area contributed by atoms with E-state index >= 15 is 0 Å². The van der Waals surface area contributed by atoms with Crippen LogP contribution in [0.15, 0.2) is 12.1 Å². The van der Waals surface area contributed by atoms with Gasteiger partial charge in [0.1, 0.15) is 0 Å². The molecule has 0 radical (unpaired) electrons. The van der Waals surface area contributed by atoms with Gasteiger partial charge in [0, 0.05) is 12.5 Å². The van der Waals surface area contributed by atoms with Crippen molar-refractivity contribution in [3.05, 3.63) is 22.7 Å². The molecule has 0 heterocycles. The van der Waals surface area contributed by atoms with Crippen molar-refractivity contribution in [2.24, 2.45) is 5.73 Å². The van der Waals surface area contributed by atoms with Crippen LogP contribution in [0.5, 0.6) is 11.5 Å². The molecule has 18 heavy (non-hydrogen) atoms. The Morgan fingerprint density at radius 2 is 2.17 bits per heavy atom. The summed E-state index contributed by atoms with van der Waals surface area (Å²) in [6.45, 7) is 1.79. The molecule has 0 aromatic heterocycles. The average molecular weight is 276 g/mol. The van der Waals surface area contributed by atoms with Crippen LogP contribution in [0.3, 0.4) is 0 Å². The van der Waals surface area contributed by atoms with Gasteiger partial charge in [-0.05, 0) is 31.0 Å². The summed E-state index contributed by atoms with van der Waals surface area (Å²) >= 11 is 6.14. The maximum Gasteiger partial charge on any atom is 0.179 e. The lowest BCUT2D eigenvalue weighted by molar-refractivity contribution is 0.274. The summed E-state index contributed by atoms with van der Waals surface area (Å²) < 4.78 is 22.7. The van der Waals surface area contributed by atoms with Gasteiger partial charge in [0.2, 0.25) is 0 Å². The summed E-state index contributed by atoms with van der Waals surface area (Å²) in [5, 5.41) is 0.462. The molecule has 0 aliphatic heterocycles. The number of rotatable bonds is 7. The Kier molecular flexibility index (Phi) is 6.22. The van der Waals surface area contributed by atoms with Crippen LogP contribution >= 0.6 is 11.6 Å². The molecular weight excluding hydrogens is 257 g/mol. The van der Waals surface area contributed by atoms with Gasteiger partial charge in [0.25, 0.3) is 0 Å². The molecule has 1 rings (SSSR count). The van der Waals surface area contributed by atoms with Crippen LogP contribution < -0.4 is 15.2 Å². The second kappa shape index (κ2) is 7.44. The molecule has 5 heteroatoms. The Bertz CT molecular complexity index is 385. The van der Waals surface area contributed by atoms with Gasteiger partial charge in [-0.3, -0.25) is 4.39 Å². The van der Waals surface area contributed by atoms with Gasteiger partial charge in [-0.15, -0.1) is 0 Å². The van der Waals surface area contributed by atoms with E-state index in [0.29, 0.717) is 29.4 Å². The normalized spacial score (nSPS) is 12.3. The van der Waals surface area contributed by atoms with E-state index in [0.717, 1.165) is 5.56 Å². The monoisotopic (exact) mass is 275 g/mol. The quantitative estimate of drug-likeness (QED) is 0.778. The minimum absolute atomic E-state index is 0.0454. The van der Waals surface area contributed by atoms with Crippen molar-refractivity contribution in [3.63, 3.8) is 0 Å². The lowest BCUT2D eigenvalue weighted by Crippen LogP contribution is -2.17. The molecule has 0 saturated carbocycles. The number of alkyl halides is 1. The number of halogens is 2. The van der Waals surface area contributed by atoms with E-state index in [1.807, 2.05) is 13.0 Å². The smallest absolute Gasteiger partial charge is 0.179 e. The first-order valence-electron chi connectivity index (χ1n) is 5.89. The number of benzene rings is 1. The van der Waals surface area contributed by atoms with E-state index in [1.54, 1.807) is 13.2 Å². The predicted octanol–water partition coefficient (Wildman–Crippen LogP) is 2.98. The van der Waals surface area contributed by atoms with Gasteiger partial charge >= 0.3 is 0 Å². The topological polar surface area (TPSA) is 44.5 Å². The Morgan fingerprint density at radius 3 is 2.72 bits per heavy atom. The second-order valence-electron chi connectivity index (χ2n) is 4.18. The van der Waals surface area contributed by atoms with Crippen molar-refractivity contribution >= 4 is 11.6 Å². The highest BCUT2D eigenvalue weighted by atomic mass is 35.5. The van der Waals surface area contributed by atoms with Crippen molar-refractivity contribution in [3.8, 4) is 11.5 Å². The highest BCUT2D eigenvalue weighted by Crippen LogP contribution is 2.36. The van der Waals surface area contributed by atoms with Crippen LogP contribution in [0.4, 0.5) is 4.39 Å². The summed E-state index contributed by atoms with van der Waals surface area (Å²) in [4.78, 5) is 0. The van der Waals surface area contributed by atoms with Crippen LogP contribution in [0.25, 0.3) is 0 Å². The fourth-order valence-corrected chi connectivity index (χ4v) is 1.92. The minimum atomic E-state index is -0.414. The van der Waals surface area contributed by atoms with Crippen molar-refractivity contribution < 1.29 is 13.9 Å². The third kappa shape index (κ3) is 4.35. The van der Waals surface area contributed by atoms with Crippen molar-refractivity contribution in [2.75, 3.05) is 20.4 Å². The number of ether oxygens (including phenoxy) is 2. The van der Waals surface area contributed by atoms with E-state index in [-0.39, 0.29) is 12.6 Å². The standard InChI is InChI=1S/C13H19ClFNO2/c1-9(16)6-10-7-11(14)13(12(8-10)17-2)18-5-3-4-15/h7-9H,3-6,16H2,1-2H3. The fourth-order valence-electron chi connectivity index (χ4n) is 1.63. The van der Waals surface area contributed by atoms with E-state index in [2.05, 4.69) is 0 Å². The van der Waals surface area contributed by atoms with Crippen molar-refractivity contribution in [2.45, 2.75) is 25.8 Å². The molecular formula is C13H19ClFNO2. The van der Waals surface area contributed by atoms with E-state index in [1.165, 1.54) is 0 Å². The summed E-state index contributed by atoms with van der Waals surface area (Å²) in [6.07, 6.45) is 1.04. The van der Waals surface area contributed by atoms with Crippen LogP contribution in [0.2, 0.25) is 5.02 Å². The van der Waals surface area contributed by atoms with E-state index in [9.17, 15) is 4.39 Å². The Morgan fingerprint density at radius 1 is 1.44 bits per heavy atom. The number of methoxy groups -OCH3 is 1. The summed E-state index contributed by atoms with van der Waals surface area (Å²) in [7, 11) is 1.54. The van der Waals surface area contributed by atoms with Crippen LogP contribution in [0, 0.1) is 0 Å². The molecule has 2 N–H and O–H groups in total. The molecule has 102 valence electrons. The van der Waals surface area contributed by atoms with Crippen LogP contribution in [0.1, 0.15) is 18.9 Å². The van der Waals surface area contributed by atoms with Crippen molar-refractivity contribution in [1.82, 2.24) is 0 Å². The number of nitrogens with two attached hydrogens (primary N) is 1. The average Bonchev–Trinajstić information content (AvgIpc) is 2.30. The SMILES string of the molecule is COc1cc(CC(C)N)cc(Cl)c1OCCCF. The van der Waals surface area contributed by atoms with Gasteiger partial charge in [0.15, 0.2) is 11.5 Å². The first kappa shape index (κ1) is 15.1. The van der Waals surface area contributed by atoms with Crippen LogP contribution in [-0.2, 0) is 6.42 Å². The maximum atomic E-state index is 12.0. The lowest BCUT2D eigenvalue weighted by atomic mass is 10.1. The predicted molar refractivity (Wildman–Crippen MR) is 71.4 cm³/mol. The van der Waals surface area contributed by atoms with Crippen molar-refractivity contribution in [1.29, 1.82) is 0 Å². The summed E-state index contributed by atoms with van der Waals surface area (Å²) in [5.41, 5.74) is 6.74. The molecule has 0 spiro atoms. The zero-order valence-corrected chi connectivity index (χ0v) is 11.5. The highest BCUT2D eigenvalue weighted by molar-refractivity contribution is 6.32. The summed E-state index contributed by atoms with van der Waals surface area (Å²) in [5.74, 6) is 1.01. The first-order chi connectivity index (χ1) is 8.58. The van der Waals surface area contributed by atoms with Gasteiger partial charge in [-0.2, -0.15) is 0 Å². The molecule has 0 amide bonds. The fraction of sp³-hybridized carbons (Fsp3) is 0.538. The molecule has 0 bridgehead atoms. The third-order valence-electron chi connectivity index (χ3n) is 2.37. The lowest BCUT2D eigenvalue weighted by Gasteiger charge is -2.14. The second-order valence-corrected chi connectivity index (χ2v) is 4.59. The molecule has 0 saturated heterocycles. The van der Waals surface area contributed by atoms with Gasteiger partial charge in [-0.25, -0.2) is 0 Å². The maximum absolute atomic E-state index is 12.0. The molecule has 0 fully saturated rings. The van der Waals surface area contributed by atoms with Gasteiger partial charge in [0.05, 0.1) is 25.4 Å². The first-order valence-corrected chi connectivity index (χ1v) is 6.27. The van der Waals surface area contributed by atoms with Gasteiger partial charge < -0.3 is 15.2 Å². The number of hydrogen-bond acceptors (Lipinski definition) is 3. The van der Waals surface area contributed by atoms with Crippen LogP contribution in [-0.4, -0.2) is 26.4 Å². The molecule has 1 unspecified atom stereocenters. The molecule has 1 atom stereocenters. The molecule has 0 aliphatic rings. The van der Waals surface area contributed by atoms with E-state index < -0.39 is 6.67 Å². The minimum Gasteiger partial charge on any atom is -0.493 e. The van der Waals surface area contributed by atoms with E-state index in [4.69, 9.17) is 26.8 Å².